The van der Waals surface area contributed by atoms with Crippen LogP contribution in [0.5, 0.6) is 5.75 Å². The van der Waals surface area contributed by atoms with Gasteiger partial charge in [-0.2, -0.15) is 0 Å². The number of nitrogens with zero attached hydrogens (tertiary/aromatic N) is 1. The molecule has 88 valence electrons. The van der Waals surface area contributed by atoms with Crippen LogP contribution in [0.3, 0.4) is 0 Å². The van der Waals surface area contributed by atoms with E-state index in [1.54, 1.807) is 6.07 Å². The predicted molar refractivity (Wildman–Crippen MR) is 71.9 cm³/mol. The van der Waals surface area contributed by atoms with E-state index in [2.05, 4.69) is 20.9 Å². The van der Waals surface area contributed by atoms with Crippen LogP contribution in [0, 0.1) is 6.92 Å². The minimum atomic E-state index is 0.419. The second-order valence-electron chi connectivity index (χ2n) is 3.75. The Morgan fingerprint density at radius 2 is 2.12 bits per heavy atom. The molecule has 0 bridgehead atoms. The van der Waals surface area contributed by atoms with E-state index in [4.69, 9.17) is 10.5 Å². The van der Waals surface area contributed by atoms with Crippen molar-refractivity contribution in [1.82, 2.24) is 4.98 Å². The molecular formula is C13H13BrN2O. The molecule has 2 aromatic rings. The first kappa shape index (κ1) is 11.9. The largest absolute Gasteiger partial charge is 0.487 e. The summed E-state index contributed by atoms with van der Waals surface area (Å²) in [4.78, 5) is 4.18. The summed E-state index contributed by atoms with van der Waals surface area (Å²) in [6, 6.07) is 11.5. The summed E-state index contributed by atoms with van der Waals surface area (Å²) in [5, 5.41) is 0. The maximum absolute atomic E-state index is 5.71. The van der Waals surface area contributed by atoms with Crippen LogP contribution in [-0.2, 0) is 6.61 Å². The maximum Gasteiger partial charge on any atom is 0.130 e. The Labute approximate surface area is 109 Å². The molecule has 0 atom stereocenters. The average Bonchev–Trinajstić information content (AvgIpc) is 2.30. The summed E-state index contributed by atoms with van der Waals surface area (Å²) < 4.78 is 6.71. The van der Waals surface area contributed by atoms with Crippen LogP contribution in [0.25, 0.3) is 0 Å². The standard InChI is InChI=1S/C13H13BrN2O/c1-9-5-6-10(14)7-12(9)17-8-11-3-2-4-13(15)16-11/h2-7H,8H2,1H3,(H2,15,16). The maximum atomic E-state index is 5.71. The lowest BCUT2D eigenvalue weighted by molar-refractivity contribution is 0.299. The zero-order valence-electron chi connectivity index (χ0n) is 9.48. The molecule has 0 aliphatic carbocycles. The molecule has 2 rings (SSSR count). The van der Waals surface area contributed by atoms with Gasteiger partial charge in [-0.1, -0.05) is 28.1 Å². The van der Waals surface area contributed by atoms with Crippen molar-refractivity contribution < 1.29 is 4.74 Å². The molecule has 1 aromatic carbocycles. The monoisotopic (exact) mass is 292 g/mol. The minimum Gasteiger partial charge on any atom is -0.487 e. The quantitative estimate of drug-likeness (QED) is 0.944. The first-order chi connectivity index (χ1) is 8.15. The Morgan fingerprint density at radius 1 is 1.29 bits per heavy atom. The van der Waals surface area contributed by atoms with Crippen molar-refractivity contribution in [3.8, 4) is 5.75 Å². The first-order valence-electron chi connectivity index (χ1n) is 5.25. The molecule has 0 fully saturated rings. The number of rotatable bonds is 3. The van der Waals surface area contributed by atoms with Gasteiger partial charge < -0.3 is 10.5 Å². The highest BCUT2D eigenvalue weighted by molar-refractivity contribution is 9.10. The van der Waals surface area contributed by atoms with Crippen LogP contribution in [0.1, 0.15) is 11.3 Å². The van der Waals surface area contributed by atoms with Gasteiger partial charge in [-0.05, 0) is 36.8 Å². The summed E-state index contributed by atoms with van der Waals surface area (Å²) in [7, 11) is 0. The van der Waals surface area contributed by atoms with Crippen LogP contribution in [0.15, 0.2) is 40.9 Å². The number of halogens is 1. The van der Waals surface area contributed by atoms with Gasteiger partial charge in [0, 0.05) is 4.47 Å². The third kappa shape index (κ3) is 3.20. The van der Waals surface area contributed by atoms with Crippen molar-refractivity contribution in [2.24, 2.45) is 0 Å². The molecular weight excluding hydrogens is 280 g/mol. The Hall–Kier alpha value is -1.55. The molecule has 4 heteroatoms. The molecule has 17 heavy (non-hydrogen) atoms. The summed E-state index contributed by atoms with van der Waals surface area (Å²) >= 11 is 3.42. The van der Waals surface area contributed by atoms with Crippen molar-refractivity contribution in [3.05, 3.63) is 52.1 Å². The van der Waals surface area contributed by atoms with Gasteiger partial charge in [-0.15, -0.1) is 0 Å². The number of aryl methyl sites for hydroxylation is 1. The fourth-order valence-electron chi connectivity index (χ4n) is 1.46. The SMILES string of the molecule is Cc1ccc(Br)cc1OCc1cccc(N)n1. The highest BCUT2D eigenvalue weighted by Gasteiger charge is 2.02. The van der Waals surface area contributed by atoms with E-state index in [0.29, 0.717) is 12.4 Å². The van der Waals surface area contributed by atoms with Crippen LogP contribution in [0.2, 0.25) is 0 Å². The predicted octanol–water partition coefficient (Wildman–Crippen LogP) is 3.31. The molecule has 1 aromatic heterocycles. The number of benzene rings is 1. The average molecular weight is 293 g/mol. The van der Waals surface area contributed by atoms with E-state index in [1.807, 2.05) is 37.3 Å². The van der Waals surface area contributed by atoms with Crippen LogP contribution < -0.4 is 10.5 Å². The lowest BCUT2D eigenvalue weighted by Crippen LogP contribution is -2.01. The smallest absolute Gasteiger partial charge is 0.130 e. The zero-order chi connectivity index (χ0) is 12.3. The molecule has 0 unspecified atom stereocenters. The second kappa shape index (κ2) is 5.19. The van der Waals surface area contributed by atoms with E-state index in [-0.39, 0.29) is 0 Å². The molecule has 0 saturated heterocycles. The summed E-state index contributed by atoms with van der Waals surface area (Å²) in [5.41, 5.74) is 7.53. The number of anilines is 1. The number of hydrogen-bond acceptors (Lipinski definition) is 3. The van der Waals surface area contributed by atoms with Crippen LogP contribution in [0.4, 0.5) is 5.82 Å². The molecule has 3 nitrogen and oxygen atoms in total. The Balaban J connectivity index is 2.09. The molecule has 0 spiro atoms. The van der Waals surface area contributed by atoms with Crippen LogP contribution >= 0.6 is 15.9 Å². The molecule has 2 N–H and O–H groups in total. The van der Waals surface area contributed by atoms with E-state index < -0.39 is 0 Å². The van der Waals surface area contributed by atoms with Gasteiger partial charge in [-0.3, -0.25) is 0 Å². The van der Waals surface area contributed by atoms with E-state index in [1.165, 1.54) is 0 Å². The Morgan fingerprint density at radius 3 is 2.88 bits per heavy atom. The number of nitrogen functional groups attached to an aromatic ring is 1. The van der Waals surface area contributed by atoms with Crippen LogP contribution in [-0.4, -0.2) is 4.98 Å². The van der Waals surface area contributed by atoms with Gasteiger partial charge in [0.15, 0.2) is 0 Å². The van der Waals surface area contributed by atoms with E-state index in [0.717, 1.165) is 21.5 Å². The molecule has 0 amide bonds. The third-order valence-corrected chi connectivity index (χ3v) is 2.85. The first-order valence-corrected chi connectivity index (χ1v) is 6.05. The molecule has 0 aliphatic rings. The van der Waals surface area contributed by atoms with E-state index >= 15 is 0 Å². The summed E-state index contributed by atoms with van der Waals surface area (Å²) in [6.45, 7) is 2.43. The Kier molecular flexibility index (Phi) is 3.64. The number of aromatic nitrogens is 1. The highest BCUT2D eigenvalue weighted by Crippen LogP contribution is 2.23. The van der Waals surface area contributed by atoms with Crippen molar-refractivity contribution in [2.75, 3.05) is 5.73 Å². The van der Waals surface area contributed by atoms with Gasteiger partial charge in [-0.25, -0.2) is 4.98 Å². The molecule has 0 aliphatic heterocycles. The fourth-order valence-corrected chi connectivity index (χ4v) is 1.80. The van der Waals surface area contributed by atoms with Gasteiger partial charge in [0.05, 0.1) is 5.69 Å². The van der Waals surface area contributed by atoms with E-state index in [9.17, 15) is 0 Å². The fraction of sp³-hybridized carbons (Fsp3) is 0.154. The third-order valence-electron chi connectivity index (χ3n) is 2.35. The van der Waals surface area contributed by atoms with Crippen molar-refractivity contribution in [3.63, 3.8) is 0 Å². The molecule has 1 heterocycles. The highest BCUT2D eigenvalue weighted by atomic mass is 79.9. The van der Waals surface area contributed by atoms with Gasteiger partial charge in [0.2, 0.25) is 0 Å². The number of ether oxygens (including phenoxy) is 1. The minimum absolute atomic E-state index is 0.419. The van der Waals surface area contributed by atoms with Gasteiger partial charge in [0.25, 0.3) is 0 Å². The number of hydrogen-bond donors (Lipinski definition) is 1. The van der Waals surface area contributed by atoms with Gasteiger partial charge in [0.1, 0.15) is 18.2 Å². The lowest BCUT2D eigenvalue weighted by Gasteiger charge is -2.09. The van der Waals surface area contributed by atoms with Crippen molar-refractivity contribution in [1.29, 1.82) is 0 Å². The number of nitrogens with two attached hydrogens (primary N) is 1. The normalized spacial score (nSPS) is 10.2. The lowest BCUT2D eigenvalue weighted by atomic mass is 10.2. The van der Waals surface area contributed by atoms with Crippen molar-refractivity contribution in [2.45, 2.75) is 13.5 Å². The second-order valence-corrected chi connectivity index (χ2v) is 4.67. The van der Waals surface area contributed by atoms with Crippen molar-refractivity contribution >= 4 is 21.7 Å². The van der Waals surface area contributed by atoms with Gasteiger partial charge >= 0.3 is 0 Å². The summed E-state index contributed by atoms with van der Waals surface area (Å²) in [5.74, 6) is 1.36. The topological polar surface area (TPSA) is 48.1 Å². The molecule has 0 saturated carbocycles. The molecule has 0 radical (unpaired) electrons. The summed E-state index contributed by atoms with van der Waals surface area (Å²) in [6.07, 6.45) is 0. The number of pyridine rings is 1. The zero-order valence-corrected chi connectivity index (χ0v) is 11.1. The Bertz CT molecular complexity index is 529.